The van der Waals surface area contributed by atoms with Crippen molar-refractivity contribution in [1.29, 1.82) is 0 Å². The van der Waals surface area contributed by atoms with E-state index in [0.717, 1.165) is 23.5 Å². The highest BCUT2D eigenvalue weighted by Crippen LogP contribution is 2.27. The smallest absolute Gasteiger partial charge is 0.124 e. The summed E-state index contributed by atoms with van der Waals surface area (Å²) >= 11 is 0. The van der Waals surface area contributed by atoms with Gasteiger partial charge < -0.3 is 14.8 Å². The maximum atomic E-state index is 5.39. The molecule has 5 nitrogen and oxygen atoms in total. The molecule has 1 aromatic heterocycles. The first-order valence-electron chi connectivity index (χ1n) is 6.65. The molecule has 0 radical (unpaired) electrons. The van der Waals surface area contributed by atoms with Crippen LogP contribution in [0.1, 0.15) is 18.5 Å². The number of methoxy groups -OCH3 is 2. The Morgan fingerprint density at radius 2 is 2.10 bits per heavy atom. The number of nitrogens with one attached hydrogen (secondary N) is 1. The largest absolute Gasteiger partial charge is 0.496 e. The molecule has 1 aromatic carbocycles. The van der Waals surface area contributed by atoms with Gasteiger partial charge in [-0.15, -0.1) is 0 Å². The number of ether oxygens (including phenoxy) is 2. The van der Waals surface area contributed by atoms with Crippen LogP contribution in [0, 0.1) is 0 Å². The number of hydrogen-bond donors (Lipinski definition) is 1. The minimum Gasteiger partial charge on any atom is -0.496 e. The Bertz CT molecular complexity index is 539. The molecule has 108 valence electrons. The standard InChI is InChI=1S/C15H21N3O2/c1-12(14-6-4-5-7-15(14)20-3)17-13-10-16-18(11-13)8-9-19-2/h4-7,10-12,17H,8-9H2,1-3H3. The first kappa shape index (κ1) is 14.4. The van der Waals surface area contributed by atoms with Crippen molar-refractivity contribution in [2.24, 2.45) is 0 Å². The Balaban J connectivity index is 2.03. The van der Waals surface area contributed by atoms with Gasteiger partial charge in [-0.05, 0) is 13.0 Å². The lowest BCUT2D eigenvalue weighted by Crippen LogP contribution is -2.08. The minimum atomic E-state index is 0.145. The summed E-state index contributed by atoms with van der Waals surface area (Å²) in [6.45, 7) is 3.51. The fraction of sp³-hybridized carbons (Fsp3) is 0.400. The second-order valence-corrected chi connectivity index (χ2v) is 4.59. The summed E-state index contributed by atoms with van der Waals surface area (Å²) in [5, 5.41) is 7.71. The first-order chi connectivity index (χ1) is 9.74. The summed E-state index contributed by atoms with van der Waals surface area (Å²) in [4.78, 5) is 0. The molecule has 0 amide bonds. The Morgan fingerprint density at radius 3 is 2.85 bits per heavy atom. The molecular formula is C15H21N3O2. The number of aromatic nitrogens is 2. The van der Waals surface area contributed by atoms with Gasteiger partial charge in [0, 0.05) is 18.9 Å². The molecule has 5 heteroatoms. The average Bonchev–Trinajstić information content (AvgIpc) is 2.92. The molecule has 1 unspecified atom stereocenters. The third-order valence-corrected chi connectivity index (χ3v) is 3.15. The predicted octanol–water partition coefficient (Wildman–Crippen LogP) is 2.71. The molecule has 0 bridgehead atoms. The van der Waals surface area contributed by atoms with Crippen molar-refractivity contribution in [1.82, 2.24) is 9.78 Å². The summed E-state index contributed by atoms with van der Waals surface area (Å²) < 4.78 is 12.3. The highest BCUT2D eigenvalue weighted by Gasteiger charge is 2.11. The van der Waals surface area contributed by atoms with Gasteiger partial charge >= 0.3 is 0 Å². The molecule has 20 heavy (non-hydrogen) atoms. The van der Waals surface area contributed by atoms with E-state index >= 15 is 0 Å². The molecule has 2 rings (SSSR count). The van der Waals surface area contributed by atoms with Crippen LogP contribution in [0.15, 0.2) is 36.7 Å². The van der Waals surface area contributed by atoms with E-state index in [2.05, 4.69) is 23.4 Å². The van der Waals surface area contributed by atoms with E-state index < -0.39 is 0 Å². The van der Waals surface area contributed by atoms with Crippen LogP contribution in [-0.2, 0) is 11.3 Å². The van der Waals surface area contributed by atoms with Crippen LogP contribution < -0.4 is 10.1 Å². The van der Waals surface area contributed by atoms with Crippen molar-refractivity contribution in [3.63, 3.8) is 0 Å². The van der Waals surface area contributed by atoms with Crippen LogP contribution in [0.2, 0.25) is 0 Å². The summed E-state index contributed by atoms with van der Waals surface area (Å²) in [6, 6.07) is 8.16. The summed E-state index contributed by atoms with van der Waals surface area (Å²) in [6.07, 6.45) is 3.80. The van der Waals surface area contributed by atoms with Crippen molar-refractivity contribution in [3.8, 4) is 5.75 Å². The number of hydrogen-bond acceptors (Lipinski definition) is 4. The van der Waals surface area contributed by atoms with E-state index in [9.17, 15) is 0 Å². The lowest BCUT2D eigenvalue weighted by molar-refractivity contribution is 0.183. The van der Waals surface area contributed by atoms with Crippen molar-refractivity contribution in [3.05, 3.63) is 42.2 Å². The van der Waals surface area contributed by atoms with Crippen LogP contribution in [0.3, 0.4) is 0 Å². The fourth-order valence-electron chi connectivity index (χ4n) is 2.10. The Hall–Kier alpha value is -2.01. The quantitative estimate of drug-likeness (QED) is 0.844. The minimum absolute atomic E-state index is 0.145. The molecule has 0 aliphatic carbocycles. The number of benzene rings is 1. The van der Waals surface area contributed by atoms with Gasteiger partial charge in [0.2, 0.25) is 0 Å². The first-order valence-corrected chi connectivity index (χ1v) is 6.65. The number of nitrogens with zero attached hydrogens (tertiary/aromatic N) is 2. The predicted molar refractivity (Wildman–Crippen MR) is 79.1 cm³/mol. The molecule has 1 heterocycles. The summed E-state index contributed by atoms with van der Waals surface area (Å²) in [5.41, 5.74) is 2.11. The zero-order chi connectivity index (χ0) is 14.4. The van der Waals surface area contributed by atoms with Gasteiger partial charge in [-0.25, -0.2) is 0 Å². The fourth-order valence-corrected chi connectivity index (χ4v) is 2.10. The molecule has 0 spiro atoms. The molecular weight excluding hydrogens is 254 g/mol. The van der Waals surface area contributed by atoms with Crippen molar-refractivity contribution in [2.45, 2.75) is 19.5 Å². The lowest BCUT2D eigenvalue weighted by Gasteiger charge is -2.17. The molecule has 0 saturated heterocycles. The molecule has 0 aliphatic heterocycles. The van der Waals surface area contributed by atoms with E-state index in [4.69, 9.17) is 9.47 Å². The average molecular weight is 275 g/mol. The third-order valence-electron chi connectivity index (χ3n) is 3.15. The highest BCUT2D eigenvalue weighted by atomic mass is 16.5. The second kappa shape index (κ2) is 6.96. The maximum absolute atomic E-state index is 5.39. The van der Waals surface area contributed by atoms with Crippen LogP contribution in [-0.4, -0.2) is 30.6 Å². The van der Waals surface area contributed by atoms with Gasteiger partial charge in [-0.2, -0.15) is 5.10 Å². The lowest BCUT2D eigenvalue weighted by atomic mass is 10.1. The van der Waals surface area contributed by atoms with E-state index in [1.165, 1.54) is 0 Å². The van der Waals surface area contributed by atoms with Crippen LogP contribution in [0.4, 0.5) is 5.69 Å². The molecule has 1 N–H and O–H groups in total. The number of para-hydroxylation sites is 1. The van der Waals surface area contributed by atoms with E-state index in [-0.39, 0.29) is 6.04 Å². The van der Waals surface area contributed by atoms with Gasteiger partial charge in [0.05, 0.1) is 38.2 Å². The summed E-state index contributed by atoms with van der Waals surface area (Å²) in [7, 11) is 3.38. The van der Waals surface area contributed by atoms with Gasteiger partial charge in [-0.3, -0.25) is 4.68 Å². The van der Waals surface area contributed by atoms with E-state index in [1.807, 2.05) is 35.3 Å². The van der Waals surface area contributed by atoms with Gasteiger partial charge in [0.15, 0.2) is 0 Å². The normalized spacial score (nSPS) is 12.2. The van der Waals surface area contributed by atoms with Gasteiger partial charge in [-0.1, -0.05) is 18.2 Å². The zero-order valence-corrected chi connectivity index (χ0v) is 12.2. The van der Waals surface area contributed by atoms with Gasteiger partial charge in [0.25, 0.3) is 0 Å². The van der Waals surface area contributed by atoms with Crippen LogP contribution >= 0.6 is 0 Å². The van der Waals surface area contributed by atoms with Crippen LogP contribution in [0.5, 0.6) is 5.75 Å². The molecule has 2 aromatic rings. The Kier molecular flexibility index (Phi) is 5.01. The molecule has 0 aliphatic rings. The Morgan fingerprint density at radius 1 is 1.30 bits per heavy atom. The number of anilines is 1. The molecule has 0 fully saturated rings. The SMILES string of the molecule is COCCn1cc(NC(C)c2ccccc2OC)cn1. The van der Waals surface area contributed by atoms with Crippen LogP contribution in [0.25, 0.3) is 0 Å². The zero-order valence-electron chi connectivity index (χ0n) is 12.2. The Labute approximate surface area is 119 Å². The van der Waals surface area contributed by atoms with Crippen molar-refractivity contribution < 1.29 is 9.47 Å². The molecule has 1 atom stereocenters. The third kappa shape index (κ3) is 3.51. The summed E-state index contributed by atoms with van der Waals surface area (Å²) in [5.74, 6) is 0.888. The highest BCUT2D eigenvalue weighted by molar-refractivity contribution is 5.45. The van der Waals surface area contributed by atoms with E-state index in [0.29, 0.717) is 6.61 Å². The monoisotopic (exact) mass is 275 g/mol. The number of rotatable bonds is 7. The second-order valence-electron chi connectivity index (χ2n) is 4.59. The van der Waals surface area contributed by atoms with E-state index in [1.54, 1.807) is 14.2 Å². The molecule has 0 saturated carbocycles. The topological polar surface area (TPSA) is 48.3 Å². The maximum Gasteiger partial charge on any atom is 0.124 e. The van der Waals surface area contributed by atoms with Gasteiger partial charge in [0.1, 0.15) is 5.75 Å². The van der Waals surface area contributed by atoms with Crippen molar-refractivity contribution in [2.75, 3.05) is 26.1 Å². The van der Waals surface area contributed by atoms with Crippen molar-refractivity contribution >= 4 is 5.69 Å².